The molecule has 0 atom stereocenters. The second-order valence-corrected chi connectivity index (χ2v) is 6.99. The Hall–Kier alpha value is -2.17. The first-order valence-electron chi connectivity index (χ1n) is 8.76. The van der Waals surface area contributed by atoms with E-state index in [1.165, 1.54) is 31.4 Å². The molecular weight excluding hydrogens is 302 g/mol. The predicted octanol–water partition coefficient (Wildman–Crippen LogP) is 3.31. The normalized spacial score (nSPS) is 16.4. The molecule has 0 radical (unpaired) electrons. The summed E-state index contributed by atoms with van der Waals surface area (Å²) in [4.78, 5) is 23.9. The number of hydrogen-bond donors (Lipinski definition) is 2. The molecule has 0 aliphatic heterocycles. The van der Waals surface area contributed by atoms with Gasteiger partial charge in [-0.05, 0) is 68.6 Å². The Labute approximate surface area is 142 Å². The molecule has 0 spiro atoms. The van der Waals surface area contributed by atoms with E-state index in [4.69, 9.17) is 0 Å². The highest BCUT2D eigenvalue weighted by molar-refractivity contribution is 5.95. The van der Waals surface area contributed by atoms with Crippen LogP contribution in [-0.4, -0.2) is 17.5 Å². The Bertz CT molecular complexity index is 659. The number of amides is 2. The zero-order valence-electron chi connectivity index (χ0n) is 14.4. The number of hydrazone groups is 1. The van der Waals surface area contributed by atoms with Crippen LogP contribution in [0.5, 0.6) is 0 Å². The van der Waals surface area contributed by atoms with Gasteiger partial charge in [0.1, 0.15) is 0 Å². The second kappa shape index (κ2) is 7.16. The van der Waals surface area contributed by atoms with Gasteiger partial charge in [0.25, 0.3) is 0 Å². The summed E-state index contributed by atoms with van der Waals surface area (Å²) in [5.41, 5.74) is 6.72. The van der Waals surface area contributed by atoms with Crippen LogP contribution in [0.25, 0.3) is 0 Å². The van der Waals surface area contributed by atoms with Gasteiger partial charge in [-0.25, -0.2) is 5.43 Å². The van der Waals surface area contributed by atoms with Gasteiger partial charge in [-0.15, -0.1) is 0 Å². The van der Waals surface area contributed by atoms with Gasteiger partial charge < -0.3 is 5.32 Å². The third kappa shape index (κ3) is 4.66. The summed E-state index contributed by atoms with van der Waals surface area (Å²) in [6, 6.07) is 5.92. The zero-order chi connectivity index (χ0) is 17.1. The minimum absolute atomic E-state index is 0.146. The highest BCUT2D eigenvalue weighted by Gasteiger charge is 2.38. The number of anilines is 1. The minimum atomic E-state index is -0.190. The summed E-state index contributed by atoms with van der Waals surface area (Å²) < 4.78 is 0. The fourth-order valence-corrected chi connectivity index (χ4v) is 2.77. The maximum absolute atomic E-state index is 12.0. The molecule has 0 saturated heterocycles. The molecule has 0 bridgehead atoms. The highest BCUT2D eigenvalue weighted by atomic mass is 16.2. The number of nitrogens with zero attached hydrogens (tertiary/aromatic N) is 1. The van der Waals surface area contributed by atoms with E-state index in [0.29, 0.717) is 11.8 Å². The zero-order valence-corrected chi connectivity index (χ0v) is 14.4. The van der Waals surface area contributed by atoms with Gasteiger partial charge in [-0.1, -0.05) is 12.1 Å². The van der Waals surface area contributed by atoms with E-state index in [0.717, 1.165) is 16.8 Å². The molecule has 2 saturated carbocycles. The number of carbonyl (C=O) groups excluding carboxylic acids is 2. The molecule has 2 fully saturated rings. The average Bonchev–Trinajstić information content (AvgIpc) is 3.42. The molecule has 1 aromatic rings. The molecule has 5 nitrogen and oxygen atoms in total. The largest absolute Gasteiger partial charge is 0.326 e. The molecule has 128 valence electrons. The fraction of sp³-hybridized carbons (Fsp3) is 0.526. The van der Waals surface area contributed by atoms with Crippen LogP contribution in [-0.2, 0) is 9.59 Å². The monoisotopic (exact) mass is 327 g/mol. The Morgan fingerprint density at radius 2 is 1.67 bits per heavy atom. The molecular formula is C19H25N3O2. The topological polar surface area (TPSA) is 70.6 Å². The maximum atomic E-state index is 12.0. The number of hydrogen-bond acceptors (Lipinski definition) is 3. The van der Waals surface area contributed by atoms with E-state index < -0.39 is 0 Å². The van der Waals surface area contributed by atoms with Crippen LogP contribution >= 0.6 is 0 Å². The van der Waals surface area contributed by atoms with Crippen molar-refractivity contribution in [1.82, 2.24) is 5.43 Å². The molecule has 2 aliphatic carbocycles. The summed E-state index contributed by atoms with van der Waals surface area (Å²) in [6.45, 7) is 3.94. The van der Waals surface area contributed by atoms with Gasteiger partial charge in [-0.3, -0.25) is 9.59 Å². The molecule has 24 heavy (non-hydrogen) atoms. The number of carbonyl (C=O) groups is 2. The second-order valence-electron chi connectivity index (χ2n) is 6.99. The first-order chi connectivity index (χ1) is 11.5. The van der Waals surface area contributed by atoms with E-state index >= 15 is 0 Å². The van der Waals surface area contributed by atoms with Gasteiger partial charge in [0.05, 0.1) is 0 Å². The van der Waals surface area contributed by atoms with Crippen molar-refractivity contribution in [3.05, 3.63) is 29.3 Å². The Morgan fingerprint density at radius 1 is 1.04 bits per heavy atom. The molecule has 0 unspecified atom stereocenters. The number of aryl methyl sites for hydroxylation is 2. The fourth-order valence-electron chi connectivity index (χ4n) is 2.77. The van der Waals surface area contributed by atoms with Crippen LogP contribution in [0, 0.1) is 25.7 Å². The molecule has 1 aromatic carbocycles. The van der Waals surface area contributed by atoms with Gasteiger partial charge in [0, 0.05) is 24.2 Å². The Morgan fingerprint density at radius 3 is 2.29 bits per heavy atom. The van der Waals surface area contributed by atoms with Crippen molar-refractivity contribution in [1.29, 1.82) is 0 Å². The lowest BCUT2D eigenvalue weighted by Crippen LogP contribution is -2.23. The van der Waals surface area contributed by atoms with Gasteiger partial charge in [0.15, 0.2) is 0 Å². The minimum Gasteiger partial charge on any atom is -0.326 e. The van der Waals surface area contributed by atoms with Crippen LogP contribution in [0.2, 0.25) is 0 Å². The molecule has 2 amide bonds. The van der Waals surface area contributed by atoms with Crippen molar-refractivity contribution < 1.29 is 9.59 Å². The lowest BCUT2D eigenvalue weighted by molar-refractivity contribution is -0.124. The third-order valence-electron chi connectivity index (χ3n) is 4.55. The van der Waals surface area contributed by atoms with Crippen LogP contribution in [0.4, 0.5) is 5.69 Å². The summed E-state index contributed by atoms with van der Waals surface area (Å²) >= 11 is 0. The first kappa shape index (κ1) is 16.7. The molecule has 2 aliphatic rings. The maximum Gasteiger partial charge on any atom is 0.240 e. The molecule has 5 heteroatoms. The van der Waals surface area contributed by atoms with Crippen LogP contribution in [0.3, 0.4) is 0 Å². The third-order valence-corrected chi connectivity index (χ3v) is 4.55. The SMILES string of the molecule is Cc1ccc(C)c(NC(=O)CCC(=O)NN=C(C2CC2)C2CC2)c1. The number of benzene rings is 1. The molecule has 3 rings (SSSR count). The van der Waals surface area contributed by atoms with Crippen molar-refractivity contribution in [3.63, 3.8) is 0 Å². The molecule has 0 aromatic heterocycles. The van der Waals surface area contributed by atoms with E-state index in [1.807, 2.05) is 32.0 Å². The summed E-state index contributed by atoms with van der Waals surface area (Å²) in [6.07, 6.45) is 5.11. The van der Waals surface area contributed by atoms with Crippen molar-refractivity contribution in [3.8, 4) is 0 Å². The van der Waals surface area contributed by atoms with Crippen molar-refractivity contribution >= 4 is 23.2 Å². The Balaban J connectivity index is 1.44. The van der Waals surface area contributed by atoms with E-state index in [9.17, 15) is 9.59 Å². The van der Waals surface area contributed by atoms with Gasteiger partial charge >= 0.3 is 0 Å². The summed E-state index contributed by atoms with van der Waals surface area (Å²) in [7, 11) is 0. The van der Waals surface area contributed by atoms with Gasteiger partial charge in [-0.2, -0.15) is 5.10 Å². The first-order valence-corrected chi connectivity index (χ1v) is 8.76. The van der Waals surface area contributed by atoms with Gasteiger partial charge in [0.2, 0.25) is 11.8 Å². The number of nitrogens with one attached hydrogen (secondary N) is 2. The number of rotatable bonds is 7. The van der Waals surface area contributed by atoms with Crippen LogP contribution in [0.1, 0.15) is 49.7 Å². The van der Waals surface area contributed by atoms with E-state index in [2.05, 4.69) is 15.8 Å². The lowest BCUT2D eigenvalue weighted by atomic mass is 10.1. The average molecular weight is 327 g/mol. The smallest absolute Gasteiger partial charge is 0.240 e. The van der Waals surface area contributed by atoms with Crippen molar-refractivity contribution in [2.24, 2.45) is 16.9 Å². The lowest BCUT2D eigenvalue weighted by Gasteiger charge is -2.09. The van der Waals surface area contributed by atoms with Crippen LogP contribution < -0.4 is 10.7 Å². The standard InChI is InChI=1S/C19H25N3O2/c1-12-3-4-13(2)16(11-12)20-17(23)9-10-18(24)21-22-19(14-5-6-14)15-7-8-15/h3-4,11,14-15H,5-10H2,1-2H3,(H,20,23)(H,21,24). The summed E-state index contributed by atoms with van der Waals surface area (Å²) in [5, 5.41) is 7.19. The predicted molar refractivity (Wildman–Crippen MR) is 94.8 cm³/mol. The Kier molecular flexibility index (Phi) is 4.97. The van der Waals surface area contributed by atoms with E-state index in [-0.39, 0.29) is 24.7 Å². The van der Waals surface area contributed by atoms with E-state index in [1.54, 1.807) is 0 Å². The van der Waals surface area contributed by atoms with Crippen LogP contribution in [0.15, 0.2) is 23.3 Å². The van der Waals surface area contributed by atoms with Crippen molar-refractivity contribution in [2.45, 2.75) is 52.4 Å². The molecule has 0 heterocycles. The highest BCUT2D eigenvalue weighted by Crippen LogP contribution is 2.41. The quantitative estimate of drug-likeness (QED) is 0.596. The molecule has 2 N–H and O–H groups in total. The van der Waals surface area contributed by atoms with Crippen molar-refractivity contribution in [2.75, 3.05) is 5.32 Å². The summed E-state index contributed by atoms with van der Waals surface area (Å²) in [5.74, 6) is 0.841.